The number of fused-ring (bicyclic) bond motifs is 3. The normalized spacial score (nSPS) is 13.8. The standard InChI is InChI=1S/C21H19ClN4O4S2/c1-26-17-9-14(22)5-8-16(17)20-18(32(26,28)29)11-24-21(25-20)31-12-19(27)23-10-13-3-6-15(30-2)7-4-13/h3-9,11H,10,12H2,1-2H3,(H,23,27). The van der Waals surface area contributed by atoms with Gasteiger partial charge in [-0.05, 0) is 35.9 Å². The lowest BCUT2D eigenvalue weighted by Crippen LogP contribution is -2.31. The number of carbonyl (C=O) groups excluding carboxylic acids is 1. The van der Waals surface area contributed by atoms with Crippen molar-refractivity contribution in [3.05, 3.63) is 59.2 Å². The number of benzene rings is 2. The molecule has 166 valence electrons. The Morgan fingerprint density at radius 3 is 2.69 bits per heavy atom. The van der Waals surface area contributed by atoms with Crippen LogP contribution >= 0.6 is 23.4 Å². The van der Waals surface area contributed by atoms with Crippen LogP contribution in [0, 0.1) is 0 Å². The largest absolute Gasteiger partial charge is 0.497 e. The molecule has 2 aromatic carbocycles. The van der Waals surface area contributed by atoms with E-state index in [1.807, 2.05) is 24.3 Å². The highest BCUT2D eigenvalue weighted by atomic mass is 35.5. The number of sulfonamides is 1. The molecule has 1 aliphatic rings. The summed E-state index contributed by atoms with van der Waals surface area (Å²) in [5, 5.41) is 3.57. The first kappa shape index (κ1) is 22.4. The number of anilines is 1. The van der Waals surface area contributed by atoms with E-state index in [4.69, 9.17) is 16.3 Å². The monoisotopic (exact) mass is 490 g/mol. The van der Waals surface area contributed by atoms with Crippen LogP contribution in [0.15, 0.2) is 58.7 Å². The Morgan fingerprint density at radius 1 is 1.22 bits per heavy atom. The Kier molecular flexibility index (Phi) is 6.27. The minimum Gasteiger partial charge on any atom is -0.497 e. The summed E-state index contributed by atoms with van der Waals surface area (Å²) in [5.74, 6) is 0.652. The molecule has 1 aliphatic heterocycles. The van der Waals surface area contributed by atoms with E-state index in [2.05, 4.69) is 15.3 Å². The number of hydrogen-bond acceptors (Lipinski definition) is 7. The molecule has 0 unspecified atom stereocenters. The molecule has 1 amide bonds. The minimum atomic E-state index is -3.79. The first-order valence-electron chi connectivity index (χ1n) is 9.48. The second kappa shape index (κ2) is 8.97. The fourth-order valence-electron chi connectivity index (χ4n) is 3.17. The van der Waals surface area contributed by atoms with E-state index < -0.39 is 10.0 Å². The Morgan fingerprint density at radius 2 is 1.97 bits per heavy atom. The first-order valence-corrected chi connectivity index (χ1v) is 12.3. The van der Waals surface area contributed by atoms with Gasteiger partial charge in [0.15, 0.2) is 5.16 Å². The van der Waals surface area contributed by atoms with Gasteiger partial charge in [0.05, 0.1) is 30.4 Å². The molecule has 0 aliphatic carbocycles. The highest BCUT2D eigenvalue weighted by Crippen LogP contribution is 2.42. The van der Waals surface area contributed by atoms with Gasteiger partial charge in [0.1, 0.15) is 10.6 Å². The SMILES string of the molecule is COc1ccc(CNC(=O)CSc2ncc3c(n2)-c2ccc(Cl)cc2N(C)S3(=O)=O)cc1. The average Bonchev–Trinajstić information content (AvgIpc) is 2.80. The zero-order chi connectivity index (χ0) is 22.9. The van der Waals surface area contributed by atoms with Crippen LogP contribution in [0.1, 0.15) is 5.56 Å². The van der Waals surface area contributed by atoms with Gasteiger partial charge in [0, 0.05) is 24.2 Å². The molecule has 32 heavy (non-hydrogen) atoms. The minimum absolute atomic E-state index is 0.0168. The van der Waals surface area contributed by atoms with Gasteiger partial charge in [-0.25, -0.2) is 18.4 Å². The van der Waals surface area contributed by atoms with Crippen LogP contribution in [-0.4, -0.2) is 44.2 Å². The van der Waals surface area contributed by atoms with Gasteiger partial charge >= 0.3 is 0 Å². The number of amides is 1. The van der Waals surface area contributed by atoms with Gasteiger partial charge in [0.2, 0.25) is 5.91 Å². The highest BCUT2D eigenvalue weighted by Gasteiger charge is 2.34. The highest BCUT2D eigenvalue weighted by molar-refractivity contribution is 7.99. The van der Waals surface area contributed by atoms with Gasteiger partial charge in [-0.1, -0.05) is 35.5 Å². The molecule has 0 atom stereocenters. The Balaban J connectivity index is 1.47. The maximum Gasteiger partial charge on any atom is 0.267 e. The summed E-state index contributed by atoms with van der Waals surface area (Å²) in [7, 11) is -0.734. The summed E-state index contributed by atoms with van der Waals surface area (Å²) < 4.78 is 32.0. The summed E-state index contributed by atoms with van der Waals surface area (Å²) in [6.45, 7) is 0.382. The molecule has 3 aromatic rings. The van der Waals surface area contributed by atoms with E-state index in [1.165, 1.54) is 17.5 Å². The van der Waals surface area contributed by atoms with Crippen molar-refractivity contribution in [3.8, 4) is 17.0 Å². The van der Waals surface area contributed by atoms with Crippen LogP contribution in [0.2, 0.25) is 5.02 Å². The number of carbonyl (C=O) groups is 1. The van der Waals surface area contributed by atoms with E-state index >= 15 is 0 Å². The molecular weight excluding hydrogens is 472 g/mol. The van der Waals surface area contributed by atoms with Crippen molar-refractivity contribution in [2.45, 2.75) is 16.6 Å². The Labute approximate surface area is 195 Å². The number of nitrogens with zero attached hydrogens (tertiary/aromatic N) is 3. The number of hydrogen-bond donors (Lipinski definition) is 1. The molecular formula is C21H19ClN4O4S2. The summed E-state index contributed by atoms with van der Waals surface area (Å²) >= 11 is 7.19. The smallest absolute Gasteiger partial charge is 0.267 e. The van der Waals surface area contributed by atoms with Gasteiger partial charge in [-0.3, -0.25) is 9.10 Å². The van der Waals surface area contributed by atoms with Crippen LogP contribution in [0.4, 0.5) is 5.69 Å². The van der Waals surface area contributed by atoms with Crippen molar-refractivity contribution in [1.82, 2.24) is 15.3 Å². The predicted molar refractivity (Wildman–Crippen MR) is 124 cm³/mol. The topological polar surface area (TPSA) is 101 Å². The number of ether oxygens (including phenoxy) is 1. The third-order valence-electron chi connectivity index (χ3n) is 4.91. The second-order valence-electron chi connectivity index (χ2n) is 6.91. The maximum atomic E-state index is 12.8. The van der Waals surface area contributed by atoms with Crippen LogP contribution in [0.25, 0.3) is 11.3 Å². The Bertz CT molecular complexity index is 1280. The lowest BCUT2D eigenvalue weighted by molar-refractivity contribution is -0.118. The molecule has 1 aromatic heterocycles. The number of nitrogens with one attached hydrogen (secondary N) is 1. The van der Waals surface area contributed by atoms with Crippen LogP contribution < -0.4 is 14.4 Å². The van der Waals surface area contributed by atoms with Crippen molar-refractivity contribution < 1.29 is 17.9 Å². The zero-order valence-corrected chi connectivity index (χ0v) is 19.6. The van der Waals surface area contributed by atoms with Gasteiger partial charge < -0.3 is 10.1 Å². The molecule has 4 rings (SSSR count). The second-order valence-corrected chi connectivity index (χ2v) is 10.2. The molecule has 8 nitrogen and oxygen atoms in total. The lowest BCUT2D eigenvalue weighted by atomic mass is 10.1. The summed E-state index contributed by atoms with van der Waals surface area (Å²) in [6, 6.07) is 12.4. The van der Waals surface area contributed by atoms with E-state index in [9.17, 15) is 13.2 Å². The average molecular weight is 491 g/mol. The molecule has 0 fully saturated rings. The third kappa shape index (κ3) is 4.38. The van der Waals surface area contributed by atoms with Crippen molar-refractivity contribution in [2.75, 3.05) is 24.2 Å². The molecule has 1 N–H and O–H groups in total. The van der Waals surface area contributed by atoms with Gasteiger partial charge in [-0.15, -0.1) is 0 Å². The summed E-state index contributed by atoms with van der Waals surface area (Å²) in [6.07, 6.45) is 1.28. The molecule has 0 bridgehead atoms. The number of aromatic nitrogens is 2. The number of thioether (sulfide) groups is 1. The van der Waals surface area contributed by atoms with Gasteiger partial charge in [0.25, 0.3) is 10.0 Å². The van der Waals surface area contributed by atoms with Crippen molar-refractivity contribution in [2.24, 2.45) is 0 Å². The first-order chi connectivity index (χ1) is 15.3. The number of rotatable bonds is 6. The molecule has 0 saturated heterocycles. The van der Waals surface area contributed by atoms with E-state index in [0.717, 1.165) is 23.1 Å². The molecule has 0 spiro atoms. The fraction of sp³-hybridized carbons (Fsp3) is 0.190. The summed E-state index contributed by atoms with van der Waals surface area (Å²) in [5.41, 5.74) is 2.32. The van der Waals surface area contributed by atoms with Crippen LogP contribution in [-0.2, 0) is 21.4 Å². The Hall–Kier alpha value is -2.82. The third-order valence-corrected chi connectivity index (χ3v) is 7.78. The number of halogens is 1. The van der Waals surface area contributed by atoms with E-state index in [0.29, 0.717) is 33.7 Å². The fourth-order valence-corrected chi connectivity index (χ4v) is 5.28. The molecule has 11 heteroatoms. The van der Waals surface area contributed by atoms with Crippen molar-refractivity contribution >= 4 is 45.0 Å². The van der Waals surface area contributed by atoms with Crippen LogP contribution in [0.3, 0.4) is 0 Å². The molecule has 0 saturated carbocycles. The maximum absolute atomic E-state index is 12.8. The van der Waals surface area contributed by atoms with E-state index in [-0.39, 0.29) is 16.6 Å². The molecule has 0 radical (unpaired) electrons. The number of methoxy groups -OCH3 is 1. The molecule has 2 heterocycles. The quantitative estimate of drug-likeness (QED) is 0.417. The van der Waals surface area contributed by atoms with Crippen LogP contribution in [0.5, 0.6) is 5.75 Å². The lowest BCUT2D eigenvalue weighted by Gasteiger charge is -2.28. The van der Waals surface area contributed by atoms with Crippen molar-refractivity contribution in [1.29, 1.82) is 0 Å². The zero-order valence-electron chi connectivity index (χ0n) is 17.2. The predicted octanol–water partition coefficient (Wildman–Crippen LogP) is 3.35. The summed E-state index contributed by atoms with van der Waals surface area (Å²) in [4.78, 5) is 20.9. The van der Waals surface area contributed by atoms with E-state index in [1.54, 1.807) is 25.3 Å². The van der Waals surface area contributed by atoms with Gasteiger partial charge in [-0.2, -0.15) is 0 Å². The van der Waals surface area contributed by atoms with Crippen molar-refractivity contribution in [3.63, 3.8) is 0 Å².